The summed E-state index contributed by atoms with van der Waals surface area (Å²) in [7, 11) is 3.42. The Kier molecular flexibility index (Phi) is 12.1. The van der Waals surface area contributed by atoms with E-state index in [1.807, 2.05) is 55.5 Å². The Bertz CT molecular complexity index is 726. The van der Waals surface area contributed by atoms with Gasteiger partial charge >= 0.3 is 0 Å². The van der Waals surface area contributed by atoms with Crippen LogP contribution < -0.4 is 20.1 Å². The van der Waals surface area contributed by atoms with Crippen LogP contribution in [0.5, 0.6) is 11.5 Å². The molecule has 0 unspecified atom stereocenters. The zero-order chi connectivity index (χ0) is 19.3. The first-order chi connectivity index (χ1) is 13.3. The van der Waals surface area contributed by atoms with Gasteiger partial charge in [-0.15, -0.1) is 24.0 Å². The molecule has 0 radical (unpaired) electrons. The van der Waals surface area contributed by atoms with E-state index in [0.717, 1.165) is 28.6 Å². The molecule has 0 amide bonds. The number of guanidine groups is 1. The minimum Gasteiger partial charge on any atom is -0.494 e. The van der Waals surface area contributed by atoms with E-state index < -0.39 is 0 Å². The Hall–Kier alpha value is -2.00. The molecule has 0 fully saturated rings. The first-order valence-corrected chi connectivity index (χ1v) is 9.12. The van der Waals surface area contributed by atoms with Gasteiger partial charge in [0.05, 0.1) is 13.2 Å². The van der Waals surface area contributed by atoms with Crippen LogP contribution in [0.3, 0.4) is 0 Å². The molecule has 0 spiro atoms. The van der Waals surface area contributed by atoms with Crippen LogP contribution >= 0.6 is 24.0 Å². The smallest absolute Gasteiger partial charge is 0.191 e. The molecule has 2 aromatic carbocycles. The summed E-state index contributed by atoms with van der Waals surface area (Å²) in [6.45, 7) is 5.02. The average Bonchev–Trinajstić information content (AvgIpc) is 2.70. The summed E-state index contributed by atoms with van der Waals surface area (Å²) < 4.78 is 16.3. The fourth-order valence-corrected chi connectivity index (χ4v) is 2.52. The lowest BCUT2D eigenvalue weighted by Gasteiger charge is -2.15. The number of ether oxygens (including phenoxy) is 3. The maximum Gasteiger partial charge on any atom is 0.191 e. The van der Waals surface area contributed by atoms with Gasteiger partial charge in [0.25, 0.3) is 0 Å². The van der Waals surface area contributed by atoms with Gasteiger partial charge < -0.3 is 24.8 Å². The van der Waals surface area contributed by atoms with Gasteiger partial charge in [-0.3, -0.25) is 4.99 Å². The van der Waals surface area contributed by atoms with Crippen molar-refractivity contribution in [3.8, 4) is 11.5 Å². The van der Waals surface area contributed by atoms with E-state index in [2.05, 4.69) is 15.6 Å². The van der Waals surface area contributed by atoms with Crippen LogP contribution in [0.1, 0.15) is 18.1 Å². The number of nitrogens with zero attached hydrogens (tertiary/aromatic N) is 1. The van der Waals surface area contributed by atoms with E-state index in [4.69, 9.17) is 14.2 Å². The minimum absolute atomic E-state index is 0. The first kappa shape index (κ1) is 24.0. The van der Waals surface area contributed by atoms with Gasteiger partial charge in [-0.25, -0.2) is 0 Å². The number of benzene rings is 2. The van der Waals surface area contributed by atoms with Crippen molar-refractivity contribution in [2.45, 2.75) is 20.0 Å². The SMILES string of the molecule is CCOc1ccccc1CNC(=NC)NCc1cccc(OCCOC)c1.I. The number of para-hydroxylation sites is 1. The number of hydrogen-bond donors (Lipinski definition) is 2. The highest BCUT2D eigenvalue weighted by Crippen LogP contribution is 2.17. The Morgan fingerprint density at radius 3 is 2.50 bits per heavy atom. The van der Waals surface area contributed by atoms with Crippen LogP contribution in [0.25, 0.3) is 0 Å². The molecule has 0 aliphatic rings. The maximum atomic E-state index is 5.66. The molecule has 0 aromatic heterocycles. The zero-order valence-corrected chi connectivity index (χ0v) is 19.1. The number of rotatable bonds is 10. The molecular formula is C21H30IN3O3. The van der Waals surface area contributed by atoms with E-state index in [1.165, 1.54) is 0 Å². The van der Waals surface area contributed by atoms with Gasteiger partial charge in [0.15, 0.2) is 5.96 Å². The molecule has 0 saturated carbocycles. The summed E-state index contributed by atoms with van der Waals surface area (Å²) in [6, 6.07) is 16.0. The van der Waals surface area contributed by atoms with Gasteiger partial charge in [0.1, 0.15) is 18.1 Å². The number of hydrogen-bond acceptors (Lipinski definition) is 4. The molecule has 0 saturated heterocycles. The number of aliphatic imine (C=N–C) groups is 1. The second kappa shape index (κ2) is 14.1. The summed E-state index contributed by atoms with van der Waals surface area (Å²) in [5.41, 5.74) is 2.21. The van der Waals surface area contributed by atoms with Crippen molar-refractivity contribution in [1.82, 2.24) is 10.6 Å². The monoisotopic (exact) mass is 499 g/mol. The Labute approximate surface area is 184 Å². The molecule has 7 heteroatoms. The van der Waals surface area contributed by atoms with Crippen LogP contribution in [-0.4, -0.2) is 39.9 Å². The third-order valence-corrected chi connectivity index (χ3v) is 3.86. The number of halogens is 1. The van der Waals surface area contributed by atoms with Gasteiger partial charge in [-0.05, 0) is 30.7 Å². The number of methoxy groups -OCH3 is 1. The van der Waals surface area contributed by atoms with Gasteiger partial charge in [0.2, 0.25) is 0 Å². The number of nitrogens with one attached hydrogen (secondary N) is 2. The Balaban J connectivity index is 0.00000392. The van der Waals surface area contributed by atoms with Crippen LogP contribution in [0.2, 0.25) is 0 Å². The summed E-state index contributed by atoms with van der Waals surface area (Å²) >= 11 is 0. The summed E-state index contributed by atoms with van der Waals surface area (Å²) in [6.07, 6.45) is 0. The maximum absolute atomic E-state index is 5.66. The average molecular weight is 499 g/mol. The molecule has 0 aliphatic carbocycles. The molecule has 154 valence electrons. The van der Waals surface area contributed by atoms with Crippen LogP contribution in [-0.2, 0) is 17.8 Å². The standard InChI is InChI=1S/C21H29N3O3.HI/c1-4-26-20-11-6-5-9-18(20)16-24-21(22-2)23-15-17-8-7-10-19(14-17)27-13-12-25-3;/h5-11,14H,4,12-13,15-16H2,1-3H3,(H2,22,23,24);1H. The molecular weight excluding hydrogens is 469 g/mol. The van der Waals surface area contributed by atoms with Gasteiger partial charge in [0, 0.05) is 32.8 Å². The lowest BCUT2D eigenvalue weighted by Crippen LogP contribution is -2.36. The quantitative estimate of drug-likeness (QED) is 0.227. The molecule has 2 rings (SSSR count). The molecule has 0 aliphatic heterocycles. The lowest BCUT2D eigenvalue weighted by atomic mass is 10.2. The first-order valence-electron chi connectivity index (χ1n) is 9.12. The summed E-state index contributed by atoms with van der Waals surface area (Å²) in [5, 5.41) is 6.64. The van der Waals surface area contributed by atoms with E-state index in [0.29, 0.717) is 32.9 Å². The second-order valence-electron chi connectivity index (χ2n) is 5.81. The van der Waals surface area contributed by atoms with Gasteiger partial charge in [-0.2, -0.15) is 0 Å². The highest BCUT2D eigenvalue weighted by Gasteiger charge is 2.04. The predicted octanol–water partition coefficient (Wildman–Crippen LogP) is 3.59. The van der Waals surface area contributed by atoms with E-state index in [1.54, 1.807) is 14.2 Å². The van der Waals surface area contributed by atoms with Crippen LogP contribution in [0.4, 0.5) is 0 Å². The van der Waals surface area contributed by atoms with E-state index in [9.17, 15) is 0 Å². The normalized spacial score (nSPS) is 10.8. The Morgan fingerprint density at radius 1 is 0.964 bits per heavy atom. The van der Waals surface area contributed by atoms with E-state index in [-0.39, 0.29) is 24.0 Å². The third kappa shape index (κ3) is 8.35. The zero-order valence-electron chi connectivity index (χ0n) is 16.7. The highest BCUT2D eigenvalue weighted by molar-refractivity contribution is 14.0. The summed E-state index contributed by atoms with van der Waals surface area (Å²) in [5.74, 6) is 2.45. The van der Waals surface area contributed by atoms with Crippen molar-refractivity contribution in [3.63, 3.8) is 0 Å². The van der Waals surface area contributed by atoms with E-state index >= 15 is 0 Å². The lowest BCUT2D eigenvalue weighted by molar-refractivity contribution is 0.146. The second-order valence-corrected chi connectivity index (χ2v) is 5.81. The van der Waals surface area contributed by atoms with Crippen molar-refractivity contribution in [2.24, 2.45) is 4.99 Å². The topological polar surface area (TPSA) is 64.1 Å². The molecule has 0 atom stereocenters. The van der Waals surface area contributed by atoms with Crippen molar-refractivity contribution >= 4 is 29.9 Å². The fraction of sp³-hybridized carbons (Fsp3) is 0.381. The van der Waals surface area contributed by atoms with Crippen molar-refractivity contribution in [1.29, 1.82) is 0 Å². The van der Waals surface area contributed by atoms with Crippen molar-refractivity contribution in [3.05, 3.63) is 59.7 Å². The summed E-state index contributed by atoms with van der Waals surface area (Å²) in [4.78, 5) is 4.28. The van der Waals surface area contributed by atoms with Crippen LogP contribution in [0.15, 0.2) is 53.5 Å². The Morgan fingerprint density at radius 2 is 1.75 bits per heavy atom. The molecule has 0 bridgehead atoms. The van der Waals surface area contributed by atoms with Crippen molar-refractivity contribution in [2.75, 3.05) is 34.0 Å². The van der Waals surface area contributed by atoms with Gasteiger partial charge in [-0.1, -0.05) is 30.3 Å². The van der Waals surface area contributed by atoms with Crippen LogP contribution in [0, 0.1) is 0 Å². The molecule has 2 aromatic rings. The fourth-order valence-electron chi connectivity index (χ4n) is 2.52. The molecule has 2 N–H and O–H groups in total. The molecule has 0 heterocycles. The minimum atomic E-state index is 0. The largest absolute Gasteiger partial charge is 0.494 e. The third-order valence-electron chi connectivity index (χ3n) is 3.86. The van der Waals surface area contributed by atoms with Crippen molar-refractivity contribution < 1.29 is 14.2 Å². The highest BCUT2D eigenvalue weighted by atomic mass is 127. The predicted molar refractivity (Wildman–Crippen MR) is 124 cm³/mol. The molecule has 6 nitrogen and oxygen atoms in total. The molecule has 28 heavy (non-hydrogen) atoms.